The average molecular weight is 596 g/mol. The van der Waals surface area contributed by atoms with E-state index in [2.05, 4.69) is 196 Å². The lowest BCUT2D eigenvalue weighted by atomic mass is 9.99. The van der Waals surface area contributed by atoms with Gasteiger partial charge in [0.2, 0.25) is 0 Å². The zero-order chi connectivity index (χ0) is 31.7. The van der Waals surface area contributed by atoms with Gasteiger partial charge in [-0.2, -0.15) is 0 Å². The van der Waals surface area contributed by atoms with Crippen LogP contribution in [0.4, 0.5) is 11.4 Å². The Morgan fingerprint density at radius 1 is 0.413 bits per heavy atom. The summed E-state index contributed by atoms with van der Waals surface area (Å²) in [5.41, 5.74) is 14.8. The molecule has 1 heteroatoms. The van der Waals surface area contributed by atoms with E-state index < -0.39 is 0 Å². The van der Waals surface area contributed by atoms with E-state index in [9.17, 15) is 0 Å². The van der Waals surface area contributed by atoms with Gasteiger partial charge in [-0.25, -0.2) is 0 Å². The van der Waals surface area contributed by atoms with Crippen LogP contribution in [0.2, 0.25) is 0 Å². The van der Waals surface area contributed by atoms with Crippen LogP contribution in [0, 0.1) is 20.8 Å². The third-order valence-corrected chi connectivity index (χ3v) is 8.30. The van der Waals surface area contributed by atoms with Crippen molar-refractivity contribution in [1.29, 1.82) is 0 Å². The lowest BCUT2D eigenvalue weighted by Crippen LogP contribution is -2.17. The maximum Gasteiger partial charge on any atom is 0.0458 e. The van der Waals surface area contributed by atoms with Gasteiger partial charge in [0, 0.05) is 17.1 Å². The molecule has 0 unspecified atom stereocenters. The molecule has 0 fully saturated rings. The topological polar surface area (TPSA) is 3.24 Å². The maximum atomic E-state index is 2.40. The number of allylic oxidation sites excluding steroid dienone is 5. The number of aryl methyl sites for hydroxylation is 3. The zero-order valence-corrected chi connectivity index (χ0v) is 27.0. The van der Waals surface area contributed by atoms with Gasteiger partial charge in [0.05, 0.1) is 0 Å². The highest BCUT2D eigenvalue weighted by molar-refractivity contribution is 5.76. The van der Waals surface area contributed by atoms with Crippen molar-refractivity contribution in [3.05, 3.63) is 195 Å². The molecule has 0 atom stereocenters. The Kier molecular flexibility index (Phi) is 9.71. The van der Waals surface area contributed by atoms with Gasteiger partial charge in [-0.3, -0.25) is 0 Å². The van der Waals surface area contributed by atoms with Gasteiger partial charge < -0.3 is 4.90 Å². The molecule has 0 spiro atoms. The number of benzene rings is 5. The normalized spacial score (nSPS) is 13.4. The van der Waals surface area contributed by atoms with Crippen molar-refractivity contribution in [2.45, 2.75) is 33.6 Å². The molecule has 0 N–H and O–H groups in total. The third kappa shape index (κ3) is 8.20. The lowest BCUT2D eigenvalue weighted by Gasteiger charge is -2.30. The van der Waals surface area contributed by atoms with E-state index in [1.54, 1.807) is 0 Å². The SMILES string of the molecule is Cc1cccc(/C=C/C2=CC=C(N(c3ccc(/C=C/c4cccc(C)c4)cc3)c3ccc(/C=C/c4cccc(C)c4)cc3)CC2)c1. The summed E-state index contributed by atoms with van der Waals surface area (Å²) in [6.45, 7) is 6.40. The Hall–Kier alpha value is -5.40. The van der Waals surface area contributed by atoms with Crippen LogP contribution in [-0.4, -0.2) is 0 Å². The Balaban J connectivity index is 1.27. The Morgan fingerprint density at radius 2 is 0.826 bits per heavy atom. The summed E-state index contributed by atoms with van der Waals surface area (Å²) >= 11 is 0. The minimum absolute atomic E-state index is 0.966. The fourth-order valence-corrected chi connectivity index (χ4v) is 5.83. The van der Waals surface area contributed by atoms with Crippen molar-refractivity contribution < 1.29 is 0 Å². The molecule has 6 rings (SSSR count). The first-order valence-electron chi connectivity index (χ1n) is 16.1. The fourth-order valence-electron chi connectivity index (χ4n) is 5.83. The third-order valence-electron chi connectivity index (χ3n) is 8.30. The highest BCUT2D eigenvalue weighted by atomic mass is 15.1. The van der Waals surface area contributed by atoms with Crippen molar-refractivity contribution >= 4 is 41.8 Å². The molecular weight excluding hydrogens is 555 g/mol. The predicted octanol–water partition coefficient (Wildman–Crippen LogP) is 12.4. The summed E-state index contributed by atoms with van der Waals surface area (Å²) in [6.07, 6.45) is 19.8. The Labute approximate surface area is 274 Å². The van der Waals surface area contributed by atoms with Crippen LogP contribution < -0.4 is 4.90 Å². The summed E-state index contributed by atoms with van der Waals surface area (Å²) in [7, 11) is 0. The summed E-state index contributed by atoms with van der Waals surface area (Å²) < 4.78 is 0. The number of hydrogen-bond acceptors (Lipinski definition) is 1. The van der Waals surface area contributed by atoms with Crippen molar-refractivity contribution in [2.75, 3.05) is 4.90 Å². The van der Waals surface area contributed by atoms with E-state index >= 15 is 0 Å². The molecule has 0 radical (unpaired) electrons. The molecule has 0 aliphatic heterocycles. The molecule has 1 aliphatic carbocycles. The van der Waals surface area contributed by atoms with E-state index in [4.69, 9.17) is 0 Å². The van der Waals surface area contributed by atoms with Gasteiger partial charge in [-0.05, 0) is 97.3 Å². The molecule has 5 aromatic carbocycles. The van der Waals surface area contributed by atoms with Crippen LogP contribution in [-0.2, 0) is 0 Å². The molecule has 1 aliphatic rings. The van der Waals surface area contributed by atoms with Gasteiger partial charge in [-0.1, -0.05) is 156 Å². The molecule has 46 heavy (non-hydrogen) atoms. The number of nitrogens with zero attached hydrogens (tertiary/aromatic N) is 1. The maximum absolute atomic E-state index is 2.40. The van der Waals surface area contributed by atoms with Crippen LogP contribution in [0.3, 0.4) is 0 Å². The molecule has 1 nitrogen and oxygen atoms in total. The largest absolute Gasteiger partial charge is 0.314 e. The molecule has 226 valence electrons. The fraction of sp³-hybridized carbons (Fsp3) is 0.111. The van der Waals surface area contributed by atoms with E-state index in [1.165, 1.54) is 55.8 Å². The summed E-state index contributed by atoms with van der Waals surface area (Å²) in [5.74, 6) is 0. The average Bonchev–Trinajstić information content (AvgIpc) is 3.07. The van der Waals surface area contributed by atoms with E-state index in [1.807, 2.05) is 0 Å². The minimum Gasteiger partial charge on any atom is -0.314 e. The summed E-state index contributed by atoms with van der Waals surface area (Å²) in [6, 6.07) is 43.6. The predicted molar refractivity (Wildman–Crippen MR) is 201 cm³/mol. The molecule has 0 amide bonds. The number of rotatable bonds is 9. The van der Waals surface area contributed by atoms with Crippen molar-refractivity contribution in [1.82, 2.24) is 0 Å². The van der Waals surface area contributed by atoms with Crippen LogP contribution in [0.15, 0.2) is 151 Å². The van der Waals surface area contributed by atoms with Crippen LogP contribution in [0.1, 0.15) is 57.3 Å². The summed E-state index contributed by atoms with van der Waals surface area (Å²) in [5, 5.41) is 0. The van der Waals surface area contributed by atoms with Crippen molar-refractivity contribution in [2.24, 2.45) is 0 Å². The van der Waals surface area contributed by atoms with E-state index in [0.29, 0.717) is 0 Å². The molecular formula is C45H41N. The second-order valence-corrected chi connectivity index (χ2v) is 12.2. The molecule has 0 saturated heterocycles. The lowest BCUT2D eigenvalue weighted by molar-refractivity contribution is 0.892. The van der Waals surface area contributed by atoms with Gasteiger partial charge in [0.1, 0.15) is 0 Å². The van der Waals surface area contributed by atoms with Crippen LogP contribution >= 0.6 is 0 Å². The molecule has 0 bridgehead atoms. The first-order valence-corrected chi connectivity index (χ1v) is 16.1. The standard InChI is InChI=1S/C45H41N/c1-34-7-4-10-40(31-34)16-13-37-19-25-43(26-20-37)46(44-27-21-38(22-28-44)14-17-41-11-5-8-35(2)32-41)45-29-23-39(24-30-45)15-18-42-12-6-9-36(3)33-42/h4-23,25-29,31-33H,24,30H2,1-3H3/b16-13+,17-14+,18-15+. The number of anilines is 2. The van der Waals surface area contributed by atoms with E-state index in [0.717, 1.165) is 24.2 Å². The highest BCUT2D eigenvalue weighted by Crippen LogP contribution is 2.35. The Bertz CT molecular complexity index is 1850. The van der Waals surface area contributed by atoms with Crippen LogP contribution in [0.25, 0.3) is 30.4 Å². The van der Waals surface area contributed by atoms with Gasteiger partial charge in [-0.15, -0.1) is 0 Å². The minimum atomic E-state index is 0.966. The highest BCUT2D eigenvalue weighted by Gasteiger charge is 2.17. The first-order chi connectivity index (χ1) is 22.5. The van der Waals surface area contributed by atoms with Crippen molar-refractivity contribution in [3.63, 3.8) is 0 Å². The molecule has 5 aromatic rings. The van der Waals surface area contributed by atoms with E-state index in [-0.39, 0.29) is 0 Å². The smallest absolute Gasteiger partial charge is 0.0458 e. The number of hydrogen-bond donors (Lipinski definition) is 0. The first kappa shape index (κ1) is 30.6. The summed E-state index contributed by atoms with van der Waals surface area (Å²) in [4.78, 5) is 2.40. The Morgan fingerprint density at radius 3 is 1.22 bits per heavy atom. The van der Waals surface area contributed by atoms with Gasteiger partial charge in [0.15, 0.2) is 0 Å². The molecule has 0 aromatic heterocycles. The second kappa shape index (κ2) is 14.6. The molecule has 0 heterocycles. The van der Waals surface area contributed by atoms with Gasteiger partial charge >= 0.3 is 0 Å². The monoisotopic (exact) mass is 595 g/mol. The zero-order valence-electron chi connectivity index (χ0n) is 27.0. The quantitative estimate of drug-likeness (QED) is 0.153. The van der Waals surface area contributed by atoms with Crippen LogP contribution in [0.5, 0.6) is 0 Å². The second-order valence-electron chi connectivity index (χ2n) is 12.2. The molecule has 0 saturated carbocycles. The van der Waals surface area contributed by atoms with Crippen molar-refractivity contribution in [3.8, 4) is 0 Å². The van der Waals surface area contributed by atoms with Gasteiger partial charge in [0.25, 0.3) is 0 Å².